The van der Waals surface area contributed by atoms with Crippen LogP contribution in [0.4, 0.5) is 0 Å². The van der Waals surface area contributed by atoms with E-state index in [2.05, 4.69) is 6.92 Å². The summed E-state index contributed by atoms with van der Waals surface area (Å²) in [5.41, 5.74) is -1.55. The second kappa shape index (κ2) is 5.53. The molecule has 4 aliphatic rings. The Bertz CT molecular complexity index is 576. The maximum atomic E-state index is 12.2. The van der Waals surface area contributed by atoms with E-state index in [-0.39, 0.29) is 35.1 Å². The van der Waals surface area contributed by atoms with Gasteiger partial charge >= 0.3 is 0 Å². The molecule has 4 heteroatoms. The van der Waals surface area contributed by atoms with Gasteiger partial charge in [0.2, 0.25) is 0 Å². The molecule has 0 heterocycles. The highest BCUT2D eigenvalue weighted by atomic mass is 16.3. The Balaban J connectivity index is 1.73. The Labute approximate surface area is 151 Å². The Morgan fingerprint density at radius 2 is 1.68 bits per heavy atom. The van der Waals surface area contributed by atoms with E-state index < -0.39 is 17.1 Å². The molecule has 142 valence electrons. The lowest BCUT2D eigenvalue weighted by molar-refractivity contribution is -0.245. The molecule has 0 aromatic carbocycles. The Morgan fingerprint density at radius 3 is 2.36 bits per heavy atom. The van der Waals surface area contributed by atoms with Gasteiger partial charge in [0.1, 0.15) is 5.78 Å². The number of hydrogen-bond donors (Lipinski definition) is 3. The molecular formula is C21H34O4. The summed E-state index contributed by atoms with van der Waals surface area (Å²) in [4.78, 5) is 12.2. The van der Waals surface area contributed by atoms with Gasteiger partial charge in [-0.2, -0.15) is 0 Å². The van der Waals surface area contributed by atoms with Crippen LogP contribution < -0.4 is 0 Å². The largest absolute Gasteiger partial charge is 0.393 e. The van der Waals surface area contributed by atoms with Gasteiger partial charge in [0.05, 0.1) is 17.8 Å². The number of carbonyl (C=O) groups is 1. The molecule has 0 saturated heterocycles. The van der Waals surface area contributed by atoms with Crippen LogP contribution >= 0.6 is 0 Å². The predicted molar refractivity (Wildman–Crippen MR) is 94.8 cm³/mol. The molecule has 4 fully saturated rings. The predicted octanol–water partition coefficient (Wildman–Crippen LogP) is 2.68. The first-order valence-corrected chi connectivity index (χ1v) is 10.2. The number of aliphatic hydroxyl groups excluding tert-OH is 2. The highest BCUT2D eigenvalue weighted by Crippen LogP contribution is 2.69. The summed E-state index contributed by atoms with van der Waals surface area (Å²) in [6.07, 6.45) is 5.89. The molecule has 4 aliphatic carbocycles. The van der Waals surface area contributed by atoms with E-state index in [1.807, 2.05) is 6.92 Å². The zero-order chi connectivity index (χ0) is 18.2. The minimum atomic E-state index is -0.935. The van der Waals surface area contributed by atoms with Crippen molar-refractivity contribution < 1.29 is 20.1 Å². The molecule has 0 radical (unpaired) electrons. The van der Waals surface area contributed by atoms with Crippen LogP contribution in [-0.4, -0.2) is 38.9 Å². The maximum absolute atomic E-state index is 12.2. The molecule has 0 spiro atoms. The van der Waals surface area contributed by atoms with Gasteiger partial charge in [-0.25, -0.2) is 0 Å². The average molecular weight is 350 g/mol. The van der Waals surface area contributed by atoms with Gasteiger partial charge in [0.25, 0.3) is 0 Å². The third-order valence-electron chi connectivity index (χ3n) is 9.41. The van der Waals surface area contributed by atoms with Gasteiger partial charge in [-0.05, 0) is 81.5 Å². The second-order valence-electron chi connectivity index (χ2n) is 10.1. The fraction of sp³-hybridized carbons (Fsp3) is 0.952. The molecule has 4 saturated carbocycles. The normalized spacial score (nSPS) is 58.2. The van der Waals surface area contributed by atoms with Crippen molar-refractivity contribution in [2.75, 3.05) is 0 Å². The Morgan fingerprint density at radius 1 is 0.960 bits per heavy atom. The number of rotatable bonds is 1. The standard InChI is InChI=1S/C21H34O4/c1-12(22)15-7-9-21(25)16-5-4-13-10-14(23)6-8-19(13,2)17(16)11-18(24)20(15,21)3/h13-18,23-25H,4-11H2,1-3H3/t13-,14-,15+,16+,17-,18+,19-,20-,21+/m0/s1. The van der Waals surface area contributed by atoms with E-state index >= 15 is 0 Å². The molecule has 3 N–H and O–H groups in total. The molecule has 0 amide bonds. The summed E-state index contributed by atoms with van der Waals surface area (Å²) in [6.45, 7) is 5.91. The highest BCUT2D eigenvalue weighted by molar-refractivity contribution is 5.80. The van der Waals surface area contributed by atoms with Gasteiger partial charge in [0.15, 0.2) is 0 Å². The molecule has 0 aromatic rings. The number of Topliss-reactive ketones (excluding diaryl/α,β-unsaturated/α-hetero) is 1. The van der Waals surface area contributed by atoms with E-state index in [1.165, 1.54) is 0 Å². The molecule has 0 unspecified atom stereocenters. The fourth-order valence-electron chi connectivity index (χ4n) is 7.83. The van der Waals surface area contributed by atoms with Crippen LogP contribution in [0.25, 0.3) is 0 Å². The minimum Gasteiger partial charge on any atom is -0.393 e. The smallest absolute Gasteiger partial charge is 0.133 e. The van der Waals surface area contributed by atoms with Gasteiger partial charge in [-0.3, -0.25) is 4.79 Å². The van der Waals surface area contributed by atoms with E-state index in [0.717, 1.165) is 32.1 Å². The summed E-state index contributed by atoms with van der Waals surface area (Å²) < 4.78 is 0. The number of hydrogen-bond acceptors (Lipinski definition) is 4. The monoisotopic (exact) mass is 350 g/mol. The Kier molecular flexibility index (Phi) is 3.97. The highest BCUT2D eigenvalue weighted by Gasteiger charge is 2.70. The van der Waals surface area contributed by atoms with Gasteiger partial charge in [-0.15, -0.1) is 0 Å². The fourth-order valence-corrected chi connectivity index (χ4v) is 7.83. The van der Waals surface area contributed by atoms with Gasteiger partial charge in [-0.1, -0.05) is 13.8 Å². The SMILES string of the molecule is CC(=O)[C@H]1CC[C@@]2(O)[C@@H]3CC[C@H]4C[C@@H](O)CC[C@]4(C)[C@H]3C[C@@H](O)[C@]12C. The summed E-state index contributed by atoms with van der Waals surface area (Å²) in [5.74, 6) is 0.825. The molecule has 0 bridgehead atoms. The third kappa shape index (κ3) is 2.14. The Hall–Kier alpha value is -0.450. The van der Waals surface area contributed by atoms with Crippen molar-refractivity contribution in [1.29, 1.82) is 0 Å². The van der Waals surface area contributed by atoms with Crippen molar-refractivity contribution in [2.24, 2.45) is 34.5 Å². The lowest BCUT2D eigenvalue weighted by atomic mass is 9.42. The van der Waals surface area contributed by atoms with Crippen molar-refractivity contribution in [3.8, 4) is 0 Å². The van der Waals surface area contributed by atoms with Gasteiger partial charge < -0.3 is 15.3 Å². The first kappa shape index (κ1) is 17.9. The zero-order valence-corrected chi connectivity index (χ0v) is 15.9. The van der Waals surface area contributed by atoms with Crippen LogP contribution in [0.5, 0.6) is 0 Å². The number of fused-ring (bicyclic) bond motifs is 5. The zero-order valence-electron chi connectivity index (χ0n) is 15.9. The first-order chi connectivity index (χ1) is 11.6. The van der Waals surface area contributed by atoms with Gasteiger partial charge in [0, 0.05) is 11.3 Å². The van der Waals surface area contributed by atoms with Crippen molar-refractivity contribution in [2.45, 2.75) is 89.9 Å². The number of ketones is 1. The molecule has 25 heavy (non-hydrogen) atoms. The topological polar surface area (TPSA) is 77.8 Å². The van der Waals surface area contributed by atoms with E-state index in [0.29, 0.717) is 25.2 Å². The van der Waals surface area contributed by atoms with Crippen LogP contribution in [-0.2, 0) is 4.79 Å². The van der Waals surface area contributed by atoms with Crippen LogP contribution in [0.15, 0.2) is 0 Å². The molecular weight excluding hydrogens is 316 g/mol. The van der Waals surface area contributed by atoms with Crippen LogP contribution in [0, 0.1) is 34.5 Å². The molecule has 0 aliphatic heterocycles. The number of aliphatic hydroxyl groups is 3. The quantitative estimate of drug-likeness (QED) is 0.679. The van der Waals surface area contributed by atoms with Crippen LogP contribution in [0.3, 0.4) is 0 Å². The van der Waals surface area contributed by atoms with E-state index in [4.69, 9.17) is 0 Å². The summed E-state index contributed by atoms with van der Waals surface area (Å²) in [7, 11) is 0. The van der Waals surface area contributed by atoms with Crippen molar-refractivity contribution in [3.05, 3.63) is 0 Å². The summed E-state index contributed by atoms with van der Waals surface area (Å²) in [6, 6.07) is 0. The lowest BCUT2D eigenvalue weighted by Gasteiger charge is -2.64. The van der Waals surface area contributed by atoms with E-state index in [1.54, 1.807) is 6.92 Å². The summed E-state index contributed by atoms with van der Waals surface area (Å²) >= 11 is 0. The van der Waals surface area contributed by atoms with Crippen molar-refractivity contribution >= 4 is 5.78 Å². The molecule has 0 aromatic heterocycles. The van der Waals surface area contributed by atoms with Crippen molar-refractivity contribution in [1.82, 2.24) is 0 Å². The molecule has 4 rings (SSSR count). The van der Waals surface area contributed by atoms with Crippen LogP contribution in [0.1, 0.15) is 72.1 Å². The van der Waals surface area contributed by atoms with Crippen molar-refractivity contribution in [3.63, 3.8) is 0 Å². The summed E-state index contributed by atoms with van der Waals surface area (Å²) in [5, 5.41) is 33.1. The van der Waals surface area contributed by atoms with E-state index in [9.17, 15) is 20.1 Å². The third-order valence-corrected chi connectivity index (χ3v) is 9.41. The first-order valence-electron chi connectivity index (χ1n) is 10.2. The minimum absolute atomic E-state index is 0.0918. The second-order valence-corrected chi connectivity index (χ2v) is 10.1. The average Bonchev–Trinajstić information content (AvgIpc) is 2.83. The number of carbonyl (C=O) groups excluding carboxylic acids is 1. The molecule has 4 nitrogen and oxygen atoms in total. The van der Waals surface area contributed by atoms with Crippen LogP contribution in [0.2, 0.25) is 0 Å². The molecule has 9 atom stereocenters. The maximum Gasteiger partial charge on any atom is 0.133 e. The lowest BCUT2D eigenvalue weighted by Crippen LogP contribution is -2.67.